The van der Waals surface area contributed by atoms with Crippen LogP contribution in [0.25, 0.3) is 11.1 Å². The van der Waals surface area contributed by atoms with Crippen molar-refractivity contribution in [1.29, 1.82) is 0 Å². The summed E-state index contributed by atoms with van der Waals surface area (Å²) in [6, 6.07) is 9.87. The Balaban J connectivity index is 2.06. The number of nitrogen functional groups attached to an aromatic ring is 1. The first kappa shape index (κ1) is 11.8. The van der Waals surface area contributed by atoms with Crippen LogP contribution in [0, 0.1) is 5.82 Å². The third-order valence-corrected chi connectivity index (χ3v) is 3.07. The van der Waals surface area contributed by atoms with Crippen molar-refractivity contribution in [3.05, 3.63) is 42.2 Å². The molecule has 2 aromatic rings. The minimum atomic E-state index is -0.309. The Morgan fingerprint density at radius 3 is 2.58 bits per heavy atom. The second-order valence-electron chi connectivity index (χ2n) is 4.44. The van der Waals surface area contributed by atoms with Crippen molar-refractivity contribution < 1.29 is 13.9 Å². The first-order valence-electron chi connectivity index (χ1n) is 6.19. The number of benzene rings is 2. The molecule has 0 aliphatic carbocycles. The van der Waals surface area contributed by atoms with E-state index in [4.69, 9.17) is 15.2 Å². The third-order valence-electron chi connectivity index (χ3n) is 3.07. The van der Waals surface area contributed by atoms with E-state index in [1.807, 2.05) is 18.2 Å². The molecule has 0 spiro atoms. The van der Waals surface area contributed by atoms with Gasteiger partial charge in [0.1, 0.15) is 5.82 Å². The second-order valence-corrected chi connectivity index (χ2v) is 4.44. The number of halogens is 1. The van der Waals surface area contributed by atoms with Crippen LogP contribution in [0.3, 0.4) is 0 Å². The number of hydrogen-bond acceptors (Lipinski definition) is 3. The highest BCUT2D eigenvalue weighted by Gasteiger charge is 2.12. The van der Waals surface area contributed by atoms with Gasteiger partial charge in [-0.15, -0.1) is 0 Å². The van der Waals surface area contributed by atoms with Crippen molar-refractivity contribution in [2.75, 3.05) is 18.9 Å². The molecule has 1 aliphatic rings. The van der Waals surface area contributed by atoms with Gasteiger partial charge in [0, 0.05) is 17.7 Å². The van der Waals surface area contributed by atoms with E-state index >= 15 is 0 Å². The van der Waals surface area contributed by atoms with E-state index in [2.05, 4.69) is 0 Å². The summed E-state index contributed by atoms with van der Waals surface area (Å²) in [4.78, 5) is 0. The maximum Gasteiger partial charge on any atom is 0.161 e. The van der Waals surface area contributed by atoms with Gasteiger partial charge >= 0.3 is 0 Å². The highest BCUT2D eigenvalue weighted by Crippen LogP contribution is 2.36. The van der Waals surface area contributed by atoms with Crippen LogP contribution in [-0.2, 0) is 0 Å². The van der Waals surface area contributed by atoms with Crippen LogP contribution in [0.5, 0.6) is 11.5 Å². The number of fused-ring (bicyclic) bond motifs is 1. The molecule has 98 valence electrons. The van der Waals surface area contributed by atoms with Gasteiger partial charge in [-0.05, 0) is 35.9 Å². The van der Waals surface area contributed by atoms with Gasteiger partial charge in [-0.2, -0.15) is 0 Å². The maximum atomic E-state index is 13.3. The van der Waals surface area contributed by atoms with Crippen molar-refractivity contribution in [3.8, 4) is 22.6 Å². The molecule has 0 aromatic heterocycles. The normalized spacial score (nSPS) is 13.9. The van der Waals surface area contributed by atoms with E-state index in [1.165, 1.54) is 12.1 Å². The first-order chi connectivity index (χ1) is 9.24. The Bertz CT molecular complexity index is 613. The van der Waals surface area contributed by atoms with Gasteiger partial charge in [0.05, 0.1) is 13.2 Å². The summed E-state index contributed by atoms with van der Waals surface area (Å²) in [6.45, 7) is 1.27. The Morgan fingerprint density at radius 1 is 0.947 bits per heavy atom. The molecule has 0 saturated heterocycles. The van der Waals surface area contributed by atoms with Crippen LogP contribution in [0.1, 0.15) is 6.42 Å². The third kappa shape index (κ3) is 2.34. The summed E-state index contributed by atoms with van der Waals surface area (Å²) >= 11 is 0. The van der Waals surface area contributed by atoms with E-state index in [0.717, 1.165) is 17.7 Å². The summed E-state index contributed by atoms with van der Waals surface area (Å²) in [6.07, 6.45) is 0.853. The van der Waals surface area contributed by atoms with Crippen molar-refractivity contribution in [2.24, 2.45) is 0 Å². The standard InChI is InChI=1S/C15H14FNO2/c16-11-3-4-13(17)12(9-11)10-2-5-14-15(8-10)19-7-1-6-18-14/h2-5,8-9H,1,6-7,17H2. The minimum absolute atomic E-state index is 0.309. The van der Waals surface area contributed by atoms with Crippen molar-refractivity contribution in [1.82, 2.24) is 0 Å². The van der Waals surface area contributed by atoms with Crippen LogP contribution >= 0.6 is 0 Å². The molecule has 4 heteroatoms. The number of hydrogen-bond donors (Lipinski definition) is 1. The topological polar surface area (TPSA) is 44.5 Å². The van der Waals surface area contributed by atoms with Crippen LogP contribution < -0.4 is 15.2 Å². The number of rotatable bonds is 1. The molecular weight excluding hydrogens is 245 g/mol. The Hall–Kier alpha value is -2.23. The Labute approximate surface area is 110 Å². The number of ether oxygens (including phenoxy) is 2. The smallest absolute Gasteiger partial charge is 0.161 e. The average molecular weight is 259 g/mol. The lowest BCUT2D eigenvalue weighted by atomic mass is 10.0. The summed E-state index contributed by atoms with van der Waals surface area (Å²) in [5.74, 6) is 1.09. The summed E-state index contributed by atoms with van der Waals surface area (Å²) in [5.41, 5.74) is 7.91. The van der Waals surface area contributed by atoms with Gasteiger partial charge in [-0.1, -0.05) is 6.07 Å². The molecular formula is C15H14FNO2. The molecule has 1 heterocycles. The van der Waals surface area contributed by atoms with Gasteiger partial charge in [0.25, 0.3) is 0 Å². The zero-order chi connectivity index (χ0) is 13.2. The highest BCUT2D eigenvalue weighted by molar-refractivity contribution is 5.77. The fraction of sp³-hybridized carbons (Fsp3) is 0.200. The Morgan fingerprint density at radius 2 is 1.74 bits per heavy atom. The van der Waals surface area contributed by atoms with Gasteiger partial charge in [0.15, 0.2) is 11.5 Å². The van der Waals surface area contributed by atoms with Crippen LogP contribution in [0.2, 0.25) is 0 Å². The van der Waals surface area contributed by atoms with E-state index in [1.54, 1.807) is 6.07 Å². The zero-order valence-electron chi connectivity index (χ0n) is 10.4. The van der Waals surface area contributed by atoms with Crippen LogP contribution in [0.15, 0.2) is 36.4 Å². The second kappa shape index (κ2) is 4.80. The van der Waals surface area contributed by atoms with Crippen molar-refractivity contribution >= 4 is 5.69 Å². The molecule has 0 radical (unpaired) electrons. The number of nitrogens with two attached hydrogens (primary N) is 1. The lowest BCUT2D eigenvalue weighted by Gasteiger charge is -2.11. The minimum Gasteiger partial charge on any atom is -0.490 e. The molecule has 1 aliphatic heterocycles. The average Bonchev–Trinajstić information content (AvgIpc) is 2.66. The molecule has 3 rings (SSSR count). The SMILES string of the molecule is Nc1ccc(F)cc1-c1ccc2c(c1)OCCCO2. The summed E-state index contributed by atoms with van der Waals surface area (Å²) in [7, 11) is 0. The Kier molecular flexibility index (Phi) is 2.99. The molecule has 19 heavy (non-hydrogen) atoms. The molecule has 0 unspecified atom stereocenters. The van der Waals surface area contributed by atoms with Crippen LogP contribution in [-0.4, -0.2) is 13.2 Å². The van der Waals surface area contributed by atoms with Gasteiger partial charge < -0.3 is 15.2 Å². The summed E-state index contributed by atoms with van der Waals surface area (Å²) in [5, 5.41) is 0. The van der Waals surface area contributed by atoms with E-state index in [-0.39, 0.29) is 5.82 Å². The molecule has 0 saturated carbocycles. The van der Waals surface area contributed by atoms with Gasteiger partial charge in [-0.3, -0.25) is 0 Å². The van der Waals surface area contributed by atoms with E-state index in [0.29, 0.717) is 30.2 Å². The first-order valence-corrected chi connectivity index (χ1v) is 6.19. The number of anilines is 1. The summed E-state index contributed by atoms with van der Waals surface area (Å²) < 4.78 is 24.5. The molecule has 2 N–H and O–H groups in total. The molecule has 0 amide bonds. The van der Waals surface area contributed by atoms with Gasteiger partial charge in [-0.25, -0.2) is 4.39 Å². The van der Waals surface area contributed by atoms with Crippen LogP contribution in [0.4, 0.5) is 10.1 Å². The largest absolute Gasteiger partial charge is 0.490 e. The van der Waals surface area contributed by atoms with Crippen molar-refractivity contribution in [3.63, 3.8) is 0 Å². The zero-order valence-corrected chi connectivity index (χ0v) is 10.4. The predicted molar refractivity (Wildman–Crippen MR) is 71.9 cm³/mol. The molecule has 3 nitrogen and oxygen atoms in total. The lowest BCUT2D eigenvalue weighted by Crippen LogP contribution is -1.97. The van der Waals surface area contributed by atoms with E-state index < -0.39 is 0 Å². The highest BCUT2D eigenvalue weighted by atomic mass is 19.1. The quantitative estimate of drug-likeness (QED) is 0.800. The van der Waals surface area contributed by atoms with Crippen molar-refractivity contribution in [2.45, 2.75) is 6.42 Å². The molecule has 0 fully saturated rings. The predicted octanol–water partition coefficient (Wildman–Crippen LogP) is 3.24. The molecule has 0 bridgehead atoms. The van der Waals surface area contributed by atoms with Gasteiger partial charge in [0.2, 0.25) is 0 Å². The fourth-order valence-electron chi connectivity index (χ4n) is 2.11. The van der Waals surface area contributed by atoms with E-state index in [9.17, 15) is 4.39 Å². The molecule has 2 aromatic carbocycles. The molecule has 0 atom stereocenters. The fourth-order valence-corrected chi connectivity index (χ4v) is 2.11. The lowest BCUT2D eigenvalue weighted by molar-refractivity contribution is 0.297. The maximum absolute atomic E-state index is 13.3. The monoisotopic (exact) mass is 259 g/mol.